The number of hydrogen-bond donors (Lipinski definition) is 3. The molecule has 2 aromatic heterocycles. The molecule has 0 saturated carbocycles. The van der Waals surface area contributed by atoms with Crippen LogP contribution in [0.5, 0.6) is 0 Å². The van der Waals surface area contributed by atoms with Crippen LogP contribution < -0.4 is 10.9 Å². The molecule has 84 valence electrons. The molecular formula is C9H12N6O. The maximum Gasteiger partial charge on any atom is 0.252 e. The summed E-state index contributed by atoms with van der Waals surface area (Å²) in [7, 11) is 0. The van der Waals surface area contributed by atoms with E-state index >= 15 is 0 Å². The first-order valence-corrected chi connectivity index (χ1v) is 4.97. The lowest BCUT2D eigenvalue weighted by molar-refractivity contribution is 0.803. The Bertz CT molecular complexity index is 477. The second kappa shape index (κ2) is 5.06. The van der Waals surface area contributed by atoms with Gasteiger partial charge in [0.15, 0.2) is 0 Å². The van der Waals surface area contributed by atoms with Crippen molar-refractivity contribution in [2.24, 2.45) is 0 Å². The highest BCUT2D eigenvalue weighted by Gasteiger charge is 1.96. The quantitative estimate of drug-likeness (QED) is 0.613. The summed E-state index contributed by atoms with van der Waals surface area (Å²) in [5, 5.41) is 9.60. The van der Waals surface area contributed by atoms with Crippen molar-refractivity contribution >= 4 is 5.82 Å². The summed E-state index contributed by atoms with van der Waals surface area (Å²) >= 11 is 0. The van der Waals surface area contributed by atoms with E-state index in [-0.39, 0.29) is 5.56 Å². The van der Waals surface area contributed by atoms with Gasteiger partial charge in [0.05, 0.1) is 6.33 Å². The molecule has 7 nitrogen and oxygen atoms in total. The van der Waals surface area contributed by atoms with Crippen molar-refractivity contribution in [3.63, 3.8) is 0 Å². The molecular weight excluding hydrogens is 208 g/mol. The van der Waals surface area contributed by atoms with Crippen molar-refractivity contribution in [1.82, 2.24) is 25.1 Å². The number of aromatic amines is 2. The number of rotatable bonds is 5. The largest absolute Gasteiger partial charge is 0.370 e. The summed E-state index contributed by atoms with van der Waals surface area (Å²) in [4.78, 5) is 21.4. The predicted molar refractivity (Wildman–Crippen MR) is 58.1 cm³/mol. The molecule has 3 N–H and O–H groups in total. The molecule has 0 aliphatic rings. The predicted octanol–water partition coefficient (Wildman–Crippen LogP) is -0.0673. The van der Waals surface area contributed by atoms with Crippen LogP contribution in [-0.4, -0.2) is 31.7 Å². The first-order valence-electron chi connectivity index (χ1n) is 4.97. The van der Waals surface area contributed by atoms with Gasteiger partial charge in [0.1, 0.15) is 18.0 Å². The van der Waals surface area contributed by atoms with Gasteiger partial charge in [-0.1, -0.05) is 0 Å². The van der Waals surface area contributed by atoms with E-state index in [0.717, 1.165) is 25.2 Å². The zero-order valence-corrected chi connectivity index (χ0v) is 8.60. The summed E-state index contributed by atoms with van der Waals surface area (Å²) in [6, 6.07) is 1.43. The first kappa shape index (κ1) is 10.3. The summed E-state index contributed by atoms with van der Waals surface area (Å²) in [5.41, 5.74) is -0.160. The van der Waals surface area contributed by atoms with Crippen LogP contribution in [0, 0.1) is 0 Å². The van der Waals surface area contributed by atoms with Crippen LogP contribution in [0.2, 0.25) is 0 Å². The Morgan fingerprint density at radius 3 is 3.06 bits per heavy atom. The van der Waals surface area contributed by atoms with E-state index in [1.807, 2.05) is 0 Å². The highest BCUT2D eigenvalue weighted by molar-refractivity contribution is 5.31. The van der Waals surface area contributed by atoms with Crippen LogP contribution in [-0.2, 0) is 6.42 Å². The molecule has 0 unspecified atom stereocenters. The summed E-state index contributed by atoms with van der Waals surface area (Å²) in [6.07, 6.45) is 4.57. The first-order chi connectivity index (χ1) is 7.84. The summed E-state index contributed by atoms with van der Waals surface area (Å²) in [6.45, 7) is 0.733. The van der Waals surface area contributed by atoms with Gasteiger partial charge >= 0.3 is 0 Å². The molecule has 0 aromatic carbocycles. The second-order valence-corrected chi connectivity index (χ2v) is 3.26. The number of nitrogens with zero attached hydrogens (tertiary/aromatic N) is 3. The van der Waals surface area contributed by atoms with Gasteiger partial charge in [0.25, 0.3) is 5.56 Å². The topological polar surface area (TPSA) is 99.3 Å². The third-order valence-electron chi connectivity index (χ3n) is 2.04. The molecule has 0 aliphatic carbocycles. The Kier molecular flexibility index (Phi) is 3.27. The molecule has 0 bridgehead atoms. The number of anilines is 1. The number of hydrogen-bond acceptors (Lipinski definition) is 5. The van der Waals surface area contributed by atoms with Gasteiger partial charge in [-0.05, 0) is 6.42 Å². The number of nitrogens with one attached hydrogen (secondary N) is 3. The zero-order valence-electron chi connectivity index (χ0n) is 8.60. The molecule has 2 aromatic rings. The molecule has 0 aliphatic heterocycles. The number of aryl methyl sites for hydroxylation is 1. The average molecular weight is 220 g/mol. The second-order valence-electron chi connectivity index (χ2n) is 3.26. The van der Waals surface area contributed by atoms with E-state index in [4.69, 9.17) is 0 Å². The SMILES string of the molecule is O=c1cc(NCCCc2ncn[nH]2)nc[nH]1. The van der Waals surface area contributed by atoms with Gasteiger partial charge in [-0.3, -0.25) is 9.89 Å². The fourth-order valence-corrected chi connectivity index (χ4v) is 1.29. The van der Waals surface area contributed by atoms with Crippen molar-refractivity contribution in [2.75, 3.05) is 11.9 Å². The van der Waals surface area contributed by atoms with Crippen molar-refractivity contribution in [3.05, 3.63) is 34.9 Å². The number of aromatic nitrogens is 5. The average Bonchev–Trinajstić information content (AvgIpc) is 2.77. The normalized spacial score (nSPS) is 10.2. The molecule has 0 radical (unpaired) electrons. The van der Waals surface area contributed by atoms with Crippen LogP contribution >= 0.6 is 0 Å². The van der Waals surface area contributed by atoms with Crippen molar-refractivity contribution in [3.8, 4) is 0 Å². The monoisotopic (exact) mass is 220 g/mol. The fraction of sp³-hybridized carbons (Fsp3) is 0.333. The highest BCUT2D eigenvalue weighted by Crippen LogP contribution is 1.97. The maximum atomic E-state index is 11.0. The Balaban J connectivity index is 1.74. The molecule has 0 amide bonds. The zero-order chi connectivity index (χ0) is 11.2. The molecule has 2 heterocycles. The van der Waals surface area contributed by atoms with Crippen molar-refractivity contribution in [2.45, 2.75) is 12.8 Å². The van der Waals surface area contributed by atoms with E-state index in [9.17, 15) is 4.79 Å². The standard InChI is InChI=1S/C9H12N6O/c16-9-4-8(11-5-13-9)10-3-1-2-7-12-6-14-15-7/h4-6H,1-3H2,(H,12,14,15)(H2,10,11,13,16). The summed E-state index contributed by atoms with van der Waals surface area (Å²) < 4.78 is 0. The van der Waals surface area contributed by atoms with Gasteiger partial charge in [-0.25, -0.2) is 9.97 Å². The van der Waals surface area contributed by atoms with Gasteiger partial charge < -0.3 is 10.3 Å². The van der Waals surface area contributed by atoms with Gasteiger partial charge in [0, 0.05) is 19.0 Å². The van der Waals surface area contributed by atoms with Crippen LogP contribution in [0.4, 0.5) is 5.82 Å². The Labute approximate surface area is 91.4 Å². The minimum atomic E-state index is -0.160. The highest BCUT2D eigenvalue weighted by atomic mass is 16.1. The van der Waals surface area contributed by atoms with Gasteiger partial charge in [-0.2, -0.15) is 5.10 Å². The van der Waals surface area contributed by atoms with Crippen LogP contribution in [0.1, 0.15) is 12.2 Å². The third kappa shape index (κ3) is 2.91. The van der Waals surface area contributed by atoms with Crippen molar-refractivity contribution < 1.29 is 0 Å². The lowest BCUT2D eigenvalue weighted by atomic mass is 10.3. The Morgan fingerprint density at radius 2 is 2.31 bits per heavy atom. The minimum Gasteiger partial charge on any atom is -0.370 e. The lowest BCUT2D eigenvalue weighted by Crippen LogP contribution is -2.10. The maximum absolute atomic E-state index is 11.0. The van der Waals surface area contributed by atoms with E-state index in [1.165, 1.54) is 18.7 Å². The van der Waals surface area contributed by atoms with Gasteiger partial charge in [-0.15, -0.1) is 0 Å². The Hall–Kier alpha value is -2.18. The van der Waals surface area contributed by atoms with E-state index < -0.39 is 0 Å². The molecule has 0 fully saturated rings. The molecule has 16 heavy (non-hydrogen) atoms. The molecule has 0 spiro atoms. The number of H-pyrrole nitrogens is 2. The van der Waals surface area contributed by atoms with Crippen LogP contribution in [0.15, 0.2) is 23.5 Å². The molecule has 0 atom stereocenters. The van der Waals surface area contributed by atoms with E-state index in [2.05, 4.69) is 30.5 Å². The smallest absolute Gasteiger partial charge is 0.252 e. The fourth-order valence-electron chi connectivity index (χ4n) is 1.29. The van der Waals surface area contributed by atoms with Crippen LogP contribution in [0.25, 0.3) is 0 Å². The lowest BCUT2D eigenvalue weighted by Gasteiger charge is -2.02. The summed E-state index contributed by atoms with van der Waals surface area (Å²) in [5.74, 6) is 1.45. The van der Waals surface area contributed by atoms with Crippen molar-refractivity contribution in [1.29, 1.82) is 0 Å². The molecule has 2 rings (SSSR count). The molecule has 0 saturated heterocycles. The minimum absolute atomic E-state index is 0.160. The third-order valence-corrected chi connectivity index (χ3v) is 2.04. The Morgan fingerprint density at radius 1 is 1.38 bits per heavy atom. The van der Waals surface area contributed by atoms with E-state index in [1.54, 1.807) is 0 Å². The van der Waals surface area contributed by atoms with E-state index in [0.29, 0.717) is 5.82 Å². The molecule has 7 heteroatoms. The van der Waals surface area contributed by atoms with Crippen LogP contribution in [0.3, 0.4) is 0 Å². The van der Waals surface area contributed by atoms with Gasteiger partial charge in [0.2, 0.25) is 0 Å².